The topological polar surface area (TPSA) is 98.7 Å². The molecule has 1 amide bonds. The molecule has 104 valence electrons. The smallest absolute Gasteiger partial charge is 0.340 e. The predicted molar refractivity (Wildman–Crippen MR) is 73.9 cm³/mol. The molecule has 0 heterocycles. The standard InChI is InChI=1S/C13H19N3O3/c1-8(2)16(7-11(15)17)12-9(13(18)19-3)5-4-6-10(12)14/h4-6,8H,7,14H2,1-3H3,(H2,15,17). The van der Waals surface area contributed by atoms with E-state index < -0.39 is 11.9 Å². The third kappa shape index (κ3) is 3.37. The second kappa shape index (κ2) is 6.08. The van der Waals surface area contributed by atoms with Crippen LogP contribution in [0.4, 0.5) is 11.4 Å². The molecule has 1 aromatic rings. The van der Waals surface area contributed by atoms with Crippen LogP contribution in [0.3, 0.4) is 0 Å². The number of carbonyl (C=O) groups excluding carboxylic acids is 2. The van der Waals surface area contributed by atoms with Crippen molar-refractivity contribution in [1.29, 1.82) is 0 Å². The van der Waals surface area contributed by atoms with Crippen LogP contribution < -0.4 is 16.4 Å². The lowest BCUT2D eigenvalue weighted by Crippen LogP contribution is -2.40. The number of hydrogen-bond acceptors (Lipinski definition) is 5. The first-order valence-corrected chi connectivity index (χ1v) is 5.90. The van der Waals surface area contributed by atoms with Crippen LogP contribution in [0, 0.1) is 0 Å². The van der Waals surface area contributed by atoms with E-state index in [1.54, 1.807) is 23.1 Å². The Balaban J connectivity index is 3.35. The molecule has 0 atom stereocenters. The Hall–Kier alpha value is -2.24. The quantitative estimate of drug-likeness (QED) is 0.604. The van der Waals surface area contributed by atoms with Gasteiger partial charge >= 0.3 is 5.97 Å². The van der Waals surface area contributed by atoms with Gasteiger partial charge < -0.3 is 21.1 Å². The van der Waals surface area contributed by atoms with Gasteiger partial charge in [-0.05, 0) is 26.0 Å². The lowest BCUT2D eigenvalue weighted by Gasteiger charge is -2.30. The fraction of sp³-hybridized carbons (Fsp3) is 0.385. The van der Waals surface area contributed by atoms with Gasteiger partial charge in [0.05, 0.1) is 30.6 Å². The van der Waals surface area contributed by atoms with E-state index in [1.165, 1.54) is 7.11 Å². The minimum atomic E-state index is -0.502. The number of amides is 1. The van der Waals surface area contributed by atoms with Gasteiger partial charge in [0, 0.05) is 6.04 Å². The summed E-state index contributed by atoms with van der Waals surface area (Å²) in [5, 5.41) is 0. The number of carbonyl (C=O) groups is 2. The molecule has 19 heavy (non-hydrogen) atoms. The highest BCUT2D eigenvalue weighted by Crippen LogP contribution is 2.29. The Labute approximate surface area is 112 Å². The molecular formula is C13H19N3O3. The average molecular weight is 265 g/mol. The van der Waals surface area contributed by atoms with E-state index in [4.69, 9.17) is 16.2 Å². The van der Waals surface area contributed by atoms with Crippen molar-refractivity contribution in [3.8, 4) is 0 Å². The molecule has 4 N–H and O–H groups in total. The summed E-state index contributed by atoms with van der Waals surface area (Å²) >= 11 is 0. The van der Waals surface area contributed by atoms with E-state index in [0.29, 0.717) is 16.9 Å². The van der Waals surface area contributed by atoms with Gasteiger partial charge in [-0.2, -0.15) is 0 Å². The lowest BCUT2D eigenvalue weighted by molar-refractivity contribution is -0.116. The summed E-state index contributed by atoms with van der Waals surface area (Å²) in [7, 11) is 1.29. The van der Waals surface area contributed by atoms with Gasteiger partial charge in [0.1, 0.15) is 0 Å². The maximum atomic E-state index is 11.8. The summed E-state index contributed by atoms with van der Waals surface area (Å²) in [6.45, 7) is 3.75. The van der Waals surface area contributed by atoms with Crippen LogP contribution in [0.25, 0.3) is 0 Å². The van der Waals surface area contributed by atoms with Crippen LogP contribution in [0.1, 0.15) is 24.2 Å². The second-order valence-electron chi connectivity index (χ2n) is 4.42. The number of rotatable bonds is 5. The number of nitrogen functional groups attached to an aromatic ring is 1. The molecule has 0 spiro atoms. The number of hydrogen-bond donors (Lipinski definition) is 2. The zero-order valence-corrected chi connectivity index (χ0v) is 11.3. The minimum absolute atomic E-state index is 0.0180. The molecule has 0 aliphatic heterocycles. The monoisotopic (exact) mass is 265 g/mol. The zero-order valence-electron chi connectivity index (χ0n) is 11.3. The highest BCUT2D eigenvalue weighted by Gasteiger charge is 2.22. The molecule has 1 aromatic carbocycles. The van der Waals surface area contributed by atoms with Crippen molar-refractivity contribution in [2.24, 2.45) is 5.73 Å². The molecule has 1 rings (SSSR count). The highest BCUT2D eigenvalue weighted by atomic mass is 16.5. The molecule has 0 unspecified atom stereocenters. The number of nitrogens with zero attached hydrogens (tertiary/aromatic N) is 1. The lowest BCUT2D eigenvalue weighted by atomic mass is 10.1. The molecule has 0 bridgehead atoms. The maximum Gasteiger partial charge on any atom is 0.340 e. The van der Waals surface area contributed by atoms with Gasteiger partial charge in [-0.15, -0.1) is 0 Å². The molecule has 6 heteroatoms. The van der Waals surface area contributed by atoms with Gasteiger partial charge in [0.15, 0.2) is 0 Å². The normalized spacial score (nSPS) is 10.3. The number of nitrogens with two attached hydrogens (primary N) is 2. The Morgan fingerprint density at radius 3 is 2.47 bits per heavy atom. The van der Waals surface area contributed by atoms with Gasteiger partial charge in [0.25, 0.3) is 0 Å². The van der Waals surface area contributed by atoms with Crippen molar-refractivity contribution in [1.82, 2.24) is 0 Å². The number of methoxy groups -OCH3 is 1. The molecule has 0 saturated heterocycles. The first kappa shape index (κ1) is 14.8. The fourth-order valence-electron chi connectivity index (χ4n) is 1.84. The number of para-hydroxylation sites is 1. The molecule has 0 aliphatic rings. The molecule has 6 nitrogen and oxygen atoms in total. The summed E-state index contributed by atoms with van der Waals surface area (Å²) in [6.07, 6.45) is 0. The van der Waals surface area contributed by atoms with Crippen molar-refractivity contribution in [2.45, 2.75) is 19.9 Å². The maximum absolute atomic E-state index is 11.8. The van der Waals surface area contributed by atoms with E-state index in [0.717, 1.165) is 0 Å². The summed E-state index contributed by atoms with van der Waals surface area (Å²) in [4.78, 5) is 24.6. The summed E-state index contributed by atoms with van der Waals surface area (Å²) in [5.41, 5.74) is 12.4. The van der Waals surface area contributed by atoms with Crippen LogP contribution >= 0.6 is 0 Å². The number of primary amides is 1. The number of esters is 1. The SMILES string of the molecule is COC(=O)c1cccc(N)c1N(CC(N)=O)C(C)C. The van der Waals surface area contributed by atoms with Gasteiger partial charge in [-0.25, -0.2) is 4.79 Å². The van der Waals surface area contributed by atoms with E-state index in [2.05, 4.69) is 0 Å². The molecule has 0 fully saturated rings. The van der Waals surface area contributed by atoms with Gasteiger partial charge in [0.2, 0.25) is 5.91 Å². The average Bonchev–Trinajstić information content (AvgIpc) is 2.34. The summed E-state index contributed by atoms with van der Waals surface area (Å²) < 4.78 is 4.73. The van der Waals surface area contributed by atoms with Crippen molar-refractivity contribution in [3.63, 3.8) is 0 Å². The van der Waals surface area contributed by atoms with Crippen LogP contribution in [-0.2, 0) is 9.53 Å². The Kier molecular flexibility index (Phi) is 4.74. The number of ether oxygens (including phenoxy) is 1. The van der Waals surface area contributed by atoms with Crippen molar-refractivity contribution < 1.29 is 14.3 Å². The third-order valence-corrected chi connectivity index (χ3v) is 2.71. The second-order valence-corrected chi connectivity index (χ2v) is 4.42. The Bertz CT molecular complexity index is 486. The molecule has 0 saturated carbocycles. The largest absolute Gasteiger partial charge is 0.465 e. The van der Waals surface area contributed by atoms with Crippen LogP contribution in [0.5, 0.6) is 0 Å². The van der Waals surface area contributed by atoms with Gasteiger partial charge in [-0.3, -0.25) is 4.79 Å². The molecule has 0 aromatic heterocycles. The predicted octanol–water partition coefficient (Wildman–Crippen LogP) is 0.755. The molecule has 0 aliphatic carbocycles. The molecular weight excluding hydrogens is 246 g/mol. The van der Waals surface area contributed by atoms with Crippen molar-refractivity contribution in [3.05, 3.63) is 23.8 Å². The van der Waals surface area contributed by atoms with Crippen LogP contribution in [-0.4, -0.2) is 31.6 Å². The van der Waals surface area contributed by atoms with Gasteiger partial charge in [-0.1, -0.05) is 6.07 Å². The van der Waals surface area contributed by atoms with Crippen molar-refractivity contribution in [2.75, 3.05) is 24.3 Å². The van der Waals surface area contributed by atoms with E-state index >= 15 is 0 Å². The molecule has 0 radical (unpaired) electrons. The van der Waals surface area contributed by atoms with E-state index in [9.17, 15) is 9.59 Å². The van der Waals surface area contributed by atoms with Crippen LogP contribution in [0.15, 0.2) is 18.2 Å². The summed E-state index contributed by atoms with van der Waals surface area (Å²) in [6, 6.07) is 4.89. The Morgan fingerprint density at radius 2 is 2.00 bits per heavy atom. The summed E-state index contributed by atoms with van der Waals surface area (Å²) in [5.74, 6) is -0.995. The number of anilines is 2. The zero-order chi connectivity index (χ0) is 14.6. The van der Waals surface area contributed by atoms with Crippen LogP contribution in [0.2, 0.25) is 0 Å². The third-order valence-electron chi connectivity index (χ3n) is 2.71. The Morgan fingerprint density at radius 1 is 1.37 bits per heavy atom. The first-order valence-electron chi connectivity index (χ1n) is 5.90. The van der Waals surface area contributed by atoms with E-state index in [-0.39, 0.29) is 12.6 Å². The minimum Gasteiger partial charge on any atom is -0.465 e. The highest BCUT2D eigenvalue weighted by molar-refractivity contribution is 6.00. The number of benzene rings is 1. The first-order chi connectivity index (χ1) is 8.88. The fourth-order valence-corrected chi connectivity index (χ4v) is 1.84. The van der Waals surface area contributed by atoms with Crippen molar-refractivity contribution >= 4 is 23.3 Å². The van der Waals surface area contributed by atoms with E-state index in [1.807, 2.05) is 13.8 Å².